The van der Waals surface area contributed by atoms with Gasteiger partial charge in [0, 0.05) is 10.7 Å². The second-order valence-corrected chi connectivity index (χ2v) is 7.81. The summed E-state index contributed by atoms with van der Waals surface area (Å²) in [4.78, 5) is 0. The molecule has 0 aliphatic heterocycles. The third kappa shape index (κ3) is 19.0. The fraction of sp³-hybridized carbons (Fsp3) is 0.727. The predicted octanol–water partition coefficient (Wildman–Crippen LogP) is 3.33. The maximum Gasteiger partial charge on any atom is 0.119 e. The molecule has 1 aromatic carbocycles. The lowest BCUT2D eigenvalue weighted by molar-refractivity contribution is 0.0116. The molecule has 186 valence electrons. The van der Waals surface area contributed by atoms with Crippen LogP contribution in [0.2, 0.25) is 0 Å². The average Bonchev–Trinajstić information content (AvgIpc) is 2.82. The van der Waals surface area contributed by atoms with E-state index in [4.69, 9.17) is 37.9 Å². The van der Waals surface area contributed by atoms with Crippen LogP contribution >= 0.6 is 31.9 Å². The van der Waals surface area contributed by atoms with Gasteiger partial charge in [-0.2, -0.15) is 0 Å². The van der Waals surface area contributed by atoms with Crippen LogP contribution in [0.15, 0.2) is 24.3 Å². The van der Waals surface area contributed by atoms with Crippen molar-refractivity contribution in [2.45, 2.75) is 0 Å². The number of benzene rings is 1. The lowest BCUT2D eigenvalue weighted by Gasteiger charge is -2.10. The minimum atomic E-state index is 0.479. The minimum absolute atomic E-state index is 0.479. The minimum Gasteiger partial charge on any atom is -0.491 e. The maximum atomic E-state index is 5.65. The third-order valence-corrected chi connectivity index (χ3v) is 4.40. The van der Waals surface area contributed by atoms with Crippen molar-refractivity contribution in [2.24, 2.45) is 0 Å². The van der Waals surface area contributed by atoms with Crippen molar-refractivity contribution in [1.82, 2.24) is 0 Å². The van der Waals surface area contributed by atoms with Crippen LogP contribution in [0.3, 0.4) is 0 Å². The topological polar surface area (TPSA) is 73.8 Å². The van der Waals surface area contributed by atoms with E-state index in [1.54, 1.807) is 0 Å². The van der Waals surface area contributed by atoms with E-state index in [9.17, 15) is 0 Å². The van der Waals surface area contributed by atoms with Gasteiger partial charge in [-0.05, 0) is 24.3 Å². The smallest absolute Gasteiger partial charge is 0.119 e. The maximum absolute atomic E-state index is 5.65. The Morgan fingerprint density at radius 3 is 0.906 bits per heavy atom. The highest BCUT2D eigenvalue weighted by Crippen LogP contribution is 2.17. The van der Waals surface area contributed by atoms with Gasteiger partial charge in [-0.25, -0.2) is 0 Å². The lowest BCUT2D eigenvalue weighted by atomic mass is 10.3. The number of hydrogen-bond donors (Lipinski definition) is 0. The van der Waals surface area contributed by atoms with Crippen LogP contribution in [-0.4, -0.2) is 103 Å². The molecule has 1 rings (SSSR count). The molecule has 1 aromatic rings. The SMILES string of the molecule is BrCCOCCOCCOCCOc1ccc(OCCOCCOCCOCCBr)cc1. The monoisotopic (exact) mass is 586 g/mol. The zero-order valence-electron chi connectivity index (χ0n) is 18.6. The van der Waals surface area contributed by atoms with Gasteiger partial charge in [-0.15, -0.1) is 0 Å². The molecule has 0 aromatic heterocycles. The van der Waals surface area contributed by atoms with Gasteiger partial charge in [0.25, 0.3) is 0 Å². The van der Waals surface area contributed by atoms with E-state index >= 15 is 0 Å². The van der Waals surface area contributed by atoms with Crippen LogP contribution < -0.4 is 9.47 Å². The highest BCUT2D eigenvalue weighted by atomic mass is 79.9. The van der Waals surface area contributed by atoms with Gasteiger partial charge in [-0.1, -0.05) is 31.9 Å². The molecule has 0 atom stereocenters. The van der Waals surface area contributed by atoms with E-state index in [1.165, 1.54) is 0 Å². The Morgan fingerprint density at radius 2 is 0.625 bits per heavy atom. The second kappa shape index (κ2) is 23.7. The molecule has 0 saturated heterocycles. The molecule has 0 heterocycles. The quantitative estimate of drug-likeness (QED) is 0.135. The number of hydrogen-bond acceptors (Lipinski definition) is 8. The van der Waals surface area contributed by atoms with Crippen molar-refractivity contribution in [3.63, 3.8) is 0 Å². The molecule has 32 heavy (non-hydrogen) atoms. The summed E-state index contributed by atoms with van der Waals surface area (Å²) in [6, 6.07) is 7.49. The summed E-state index contributed by atoms with van der Waals surface area (Å²) in [6.45, 7) is 7.90. The lowest BCUT2D eigenvalue weighted by Crippen LogP contribution is -2.13. The van der Waals surface area contributed by atoms with Crippen molar-refractivity contribution in [3.8, 4) is 11.5 Å². The van der Waals surface area contributed by atoms with E-state index in [0.717, 1.165) is 22.2 Å². The highest BCUT2D eigenvalue weighted by Gasteiger charge is 1.98. The van der Waals surface area contributed by atoms with E-state index in [1.807, 2.05) is 24.3 Å². The molecule has 0 fully saturated rings. The summed E-state index contributed by atoms with van der Waals surface area (Å²) in [5.41, 5.74) is 0. The zero-order chi connectivity index (χ0) is 23.0. The molecule has 0 saturated carbocycles. The molecule has 0 unspecified atom stereocenters. The van der Waals surface area contributed by atoms with Crippen LogP contribution in [0.1, 0.15) is 0 Å². The number of rotatable bonds is 24. The molecule has 0 spiro atoms. The molecule has 0 amide bonds. The Kier molecular flexibility index (Phi) is 21.9. The van der Waals surface area contributed by atoms with Gasteiger partial charge < -0.3 is 37.9 Å². The van der Waals surface area contributed by atoms with Gasteiger partial charge in [-0.3, -0.25) is 0 Å². The average molecular weight is 588 g/mol. The highest BCUT2D eigenvalue weighted by molar-refractivity contribution is 9.09. The molecule has 0 bridgehead atoms. The van der Waals surface area contributed by atoms with E-state index in [0.29, 0.717) is 92.5 Å². The van der Waals surface area contributed by atoms with Crippen molar-refractivity contribution < 1.29 is 37.9 Å². The van der Waals surface area contributed by atoms with E-state index < -0.39 is 0 Å². The van der Waals surface area contributed by atoms with Crippen LogP contribution in [0, 0.1) is 0 Å². The summed E-state index contributed by atoms with van der Waals surface area (Å²) in [5.74, 6) is 1.55. The predicted molar refractivity (Wildman–Crippen MR) is 130 cm³/mol. The summed E-state index contributed by atoms with van der Waals surface area (Å²) >= 11 is 6.60. The first kappa shape index (κ1) is 29.6. The van der Waals surface area contributed by atoms with E-state index in [-0.39, 0.29) is 0 Å². The fourth-order valence-electron chi connectivity index (χ4n) is 2.26. The number of alkyl halides is 2. The van der Waals surface area contributed by atoms with Gasteiger partial charge in [0.1, 0.15) is 24.7 Å². The first-order valence-electron chi connectivity index (χ1n) is 10.8. The Morgan fingerprint density at radius 1 is 0.375 bits per heavy atom. The molecular formula is C22H36Br2O8. The van der Waals surface area contributed by atoms with Crippen LogP contribution in [-0.2, 0) is 28.4 Å². The molecule has 8 nitrogen and oxygen atoms in total. The van der Waals surface area contributed by atoms with Crippen molar-refractivity contribution >= 4 is 31.9 Å². The number of ether oxygens (including phenoxy) is 8. The van der Waals surface area contributed by atoms with Crippen LogP contribution in [0.25, 0.3) is 0 Å². The van der Waals surface area contributed by atoms with Crippen LogP contribution in [0.5, 0.6) is 11.5 Å². The van der Waals surface area contributed by atoms with Gasteiger partial charge in [0.05, 0.1) is 79.3 Å². The van der Waals surface area contributed by atoms with Crippen LogP contribution in [0.4, 0.5) is 0 Å². The van der Waals surface area contributed by atoms with E-state index in [2.05, 4.69) is 31.9 Å². The normalized spacial score (nSPS) is 11.1. The summed E-state index contributed by atoms with van der Waals surface area (Å²) in [7, 11) is 0. The second-order valence-electron chi connectivity index (χ2n) is 6.22. The first-order chi connectivity index (χ1) is 15.9. The zero-order valence-corrected chi connectivity index (χ0v) is 21.8. The third-order valence-electron chi connectivity index (χ3n) is 3.75. The Balaban J connectivity index is 1.89. The standard InChI is InChI=1S/C22H36Br2O8/c23-5-7-25-9-11-27-13-15-29-17-19-31-21-1-2-22(4-3-21)32-20-18-30-16-14-28-12-10-26-8-6-24/h1-4H,5-20H2. The fourth-order valence-corrected chi connectivity index (χ4v) is 2.72. The van der Waals surface area contributed by atoms with Gasteiger partial charge >= 0.3 is 0 Å². The molecule has 0 N–H and O–H groups in total. The van der Waals surface area contributed by atoms with Crippen molar-refractivity contribution in [3.05, 3.63) is 24.3 Å². The Hall–Kier alpha value is -0.460. The Bertz CT molecular complexity index is 462. The summed E-state index contributed by atoms with van der Waals surface area (Å²) in [5, 5.41) is 1.68. The first-order valence-corrected chi connectivity index (χ1v) is 13.0. The summed E-state index contributed by atoms with van der Waals surface area (Å²) < 4.78 is 43.6. The van der Waals surface area contributed by atoms with Gasteiger partial charge in [0.2, 0.25) is 0 Å². The molecule has 10 heteroatoms. The largest absolute Gasteiger partial charge is 0.491 e. The van der Waals surface area contributed by atoms with Crippen molar-refractivity contribution in [2.75, 3.05) is 103 Å². The summed E-state index contributed by atoms with van der Waals surface area (Å²) in [6.07, 6.45) is 0. The molecule has 0 aliphatic rings. The van der Waals surface area contributed by atoms with Crippen molar-refractivity contribution in [1.29, 1.82) is 0 Å². The van der Waals surface area contributed by atoms with Gasteiger partial charge in [0.15, 0.2) is 0 Å². The number of halogens is 2. The molecule has 0 aliphatic carbocycles. The molecule has 0 radical (unpaired) electrons. The Labute approximate surface area is 208 Å². The molecular weight excluding hydrogens is 552 g/mol.